The number of thiophene rings is 1. The van der Waals surface area contributed by atoms with Crippen molar-refractivity contribution in [2.45, 2.75) is 25.8 Å². The van der Waals surface area contributed by atoms with Gasteiger partial charge >= 0.3 is 0 Å². The van der Waals surface area contributed by atoms with Crippen molar-refractivity contribution in [2.24, 2.45) is 0 Å². The van der Waals surface area contributed by atoms with Crippen molar-refractivity contribution in [3.63, 3.8) is 0 Å². The quantitative estimate of drug-likeness (QED) is 0.796. The summed E-state index contributed by atoms with van der Waals surface area (Å²) < 4.78 is 0. The van der Waals surface area contributed by atoms with Gasteiger partial charge in [0.05, 0.1) is 0 Å². The number of anilines is 1. The molecule has 0 bridgehead atoms. The molecule has 2 N–H and O–H groups in total. The van der Waals surface area contributed by atoms with Crippen molar-refractivity contribution in [1.82, 2.24) is 15.6 Å². The fourth-order valence-electron chi connectivity index (χ4n) is 2.76. The minimum absolute atomic E-state index is 0.0786. The second-order valence-corrected chi connectivity index (χ2v) is 6.79. The average molecular weight is 358 g/mol. The number of pyridine rings is 1. The number of carbonyl (C=O) groups excluding carboxylic acids is 2. The maximum atomic E-state index is 11.9. The second kappa shape index (κ2) is 8.62. The molecular weight excluding hydrogens is 336 g/mol. The monoisotopic (exact) mass is 358 g/mol. The molecule has 0 atom stereocenters. The molecule has 6 nitrogen and oxygen atoms in total. The number of carbonyl (C=O) groups is 2. The molecule has 1 saturated heterocycles. The van der Waals surface area contributed by atoms with E-state index >= 15 is 0 Å². The Labute approximate surface area is 151 Å². The lowest BCUT2D eigenvalue weighted by atomic mass is 10.2. The molecule has 0 unspecified atom stereocenters. The van der Waals surface area contributed by atoms with Crippen LogP contribution in [-0.2, 0) is 11.3 Å². The zero-order chi connectivity index (χ0) is 17.5. The molecule has 132 valence electrons. The van der Waals surface area contributed by atoms with E-state index in [1.807, 2.05) is 17.5 Å². The third kappa shape index (κ3) is 5.03. The second-order valence-electron chi connectivity index (χ2n) is 6.01. The summed E-state index contributed by atoms with van der Waals surface area (Å²) in [4.78, 5) is 30.4. The van der Waals surface area contributed by atoms with Crippen LogP contribution in [0.25, 0.3) is 0 Å². The molecule has 0 radical (unpaired) electrons. The third-order valence-corrected chi connectivity index (χ3v) is 4.83. The van der Waals surface area contributed by atoms with Gasteiger partial charge in [0, 0.05) is 49.7 Å². The fourth-order valence-corrected chi connectivity index (χ4v) is 3.40. The summed E-state index contributed by atoms with van der Waals surface area (Å²) >= 11 is 1.47. The molecule has 0 saturated carbocycles. The Kier molecular flexibility index (Phi) is 6.00. The number of amides is 2. The Morgan fingerprint density at radius 1 is 1.20 bits per heavy atom. The molecule has 3 rings (SSSR count). The summed E-state index contributed by atoms with van der Waals surface area (Å²) in [5.41, 5.74) is 1.67. The zero-order valence-electron chi connectivity index (χ0n) is 14.0. The standard InChI is InChI=1S/C18H22N4O2S/c23-17(4-7-20-18(24)15-5-10-25-13-15)21-12-14-3-6-19-16(11-14)22-8-1-2-9-22/h3,5-6,10-11,13H,1-2,4,7-9,12H2,(H,20,24)(H,21,23). The molecule has 1 aliphatic rings. The van der Waals surface area contributed by atoms with Gasteiger partial charge in [0.15, 0.2) is 0 Å². The maximum Gasteiger partial charge on any atom is 0.252 e. The van der Waals surface area contributed by atoms with Gasteiger partial charge in [0.25, 0.3) is 5.91 Å². The van der Waals surface area contributed by atoms with Gasteiger partial charge in [-0.3, -0.25) is 9.59 Å². The first-order chi connectivity index (χ1) is 12.2. The van der Waals surface area contributed by atoms with E-state index in [0.717, 1.165) is 24.5 Å². The minimum Gasteiger partial charge on any atom is -0.357 e. The molecule has 2 amide bonds. The lowest BCUT2D eigenvalue weighted by Crippen LogP contribution is -2.30. The molecule has 0 aliphatic carbocycles. The number of hydrogen-bond acceptors (Lipinski definition) is 5. The highest BCUT2D eigenvalue weighted by atomic mass is 32.1. The van der Waals surface area contributed by atoms with E-state index in [0.29, 0.717) is 18.7 Å². The van der Waals surface area contributed by atoms with Crippen LogP contribution in [0, 0.1) is 0 Å². The fraction of sp³-hybridized carbons (Fsp3) is 0.389. The summed E-state index contributed by atoms with van der Waals surface area (Å²) in [6.07, 6.45) is 4.47. The predicted octanol–water partition coefficient (Wildman–Crippen LogP) is 2.18. The van der Waals surface area contributed by atoms with Crippen LogP contribution < -0.4 is 15.5 Å². The molecule has 1 fully saturated rings. The molecule has 2 aromatic rings. The van der Waals surface area contributed by atoms with Gasteiger partial charge in [-0.1, -0.05) is 0 Å². The highest BCUT2D eigenvalue weighted by Gasteiger charge is 2.13. The van der Waals surface area contributed by atoms with Gasteiger partial charge in [-0.25, -0.2) is 4.98 Å². The first kappa shape index (κ1) is 17.4. The van der Waals surface area contributed by atoms with Crippen LogP contribution in [0.2, 0.25) is 0 Å². The Morgan fingerprint density at radius 3 is 2.80 bits per heavy atom. The van der Waals surface area contributed by atoms with Crippen molar-refractivity contribution in [2.75, 3.05) is 24.5 Å². The van der Waals surface area contributed by atoms with E-state index < -0.39 is 0 Å². The molecule has 7 heteroatoms. The van der Waals surface area contributed by atoms with Crippen LogP contribution in [-0.4, -0.2) is 36.4 Å². The molecule has 2 aromatic heterocycles. The van der Waals surface area contributed by atoms with E-state index in [1.54, 1.807) is 17.6 Å². The molecular formula is C18H22N4O2S. The number of hydrogen-bond donors (Lipinski definition) is 2. The molecule has 3 heterocycles. The van der Waals surface area contributed by atoms with Crippen LogP contribution in [0.4, 0.5) is 5.82 Å². The number of nitrogens with one attached hydrogen (secondary N) is 2. The summed E-state index contributed by atoms with van der Waals surface area (Å²) in [6.45, 7) is 2.90. The van der Waals surface area contributed by atoms with Gasteiger partial charge in [-0.05, 0) is 42.0 Å². The van der Waals surface area contributed by atoms with Crippen molar-refractivity contribution < 1.29 is 9.59 Å². The van der Waals surface area contributed by atoms with Crippen molar-refractivity contribution in [1.29, 1.82) is 0 Å². The lowest BCUT2D eigenvalue weighted by molar-refractivity contribution is -0.121. The number of nitrogens with zero attached hydrogens (tertiary/aromatic N) is 2. The van der Waals surface area contributed by atoms with E-state index in [1.165, 1.54) is 24.2 Å². The summed E-state index contributed by atoms with van der Waals surface area (Å²) in [7, 11) is 0. The zero-order valence-corrected chi connectivity index (χ0v) is 14.8. The summed E-state index contributed by atoms with van der Waals surface area (Å²) in [6, 6.07) is 5.71. The smallest absolute Gasteiger partial charge is 0.252 e. The Bertz CT molecular complexity index is 712. The van der Waals surface area contributed by atoms with Crippen LogP contribution in [0.5, 0.6) is 0 Å². The van der Waals surface area contributed by atoms with Crippen molar-refractivity contribution in [3.8, 4) is 0 Å². The highest BCUT2D eigenvalue weighted by molar-refractivity contribution is 7.08. The summed E-state index contributed by atoms with van der Waals surface area (Å²) in [5, 5.41) is 9.28. The third-order valence-electron chi connectivity index (χ3n) is 4.15. The molecule has 25 heavy (non-hydrogen) atoms. The van der Waals surface area contributed by atoms with Crippen LogP contribution >= 0.6 is 11.3 Å². The van der Waals surface area contributed by atoms with E-state index in [-0.39, 0.29) is 18.2 Å². The van der Waals surface area contributed by atoms with Gasteiger partial charge in [-0.15, -0.1) is 0 Å². The first-order valence-corrected chi connectivity index (χ1v) is 9.43. The molecule has 0 spiro atoms. The average Bonchev–Trinajstić information content (AvgIpc) is 3.33. The van der Waals surface area contributed by atoms with Crippen LogP contribution in [0.1, 0.15) is 35.2 Å². The Balaban J connectivity index is 1.40. The van der Waals surface area contributed by atoms with E-state index in [2.05, 4.69) is 20.5 Å². The van der Waals surface area contributed by atoms with Crippen LogP contribution in [0.15, 0.2) is 35.2 Å². The van der Waals surface area contributed by atoms with Crippen molar-refractivity contribution >= 4 is 29.0 Å². The number of aromatic nitrogens is 1. The first-order valence-electron chi connectivity index (χ1n) is 8.49. The van der Waals surface area contributed by atoms with Gasteiger partial charge in [0.2, 0.25) is 5.91 Å². The lowest BCUT2D eigenvalue weighted by Gasteiger charge is -2.17. The van der Waals surface area contributed by atoms with E-state index in [9.17, 15) is 9.59 Å². The summed E-state index contributed by atoms with van der Waals surface area (Å²) in [5.74, 6) is 0.760. The highest BCUT2D eigenvalue weighted by Crippen LogP contribution is 2.18. The Hall–Kier alpha value is -2.41. The van der Waals surface area contributed by atoms with Gasteiger partial charge in [-0.2, -0.15) is 11.3 Å². The van der Waals surface area contributed by atoms with Crippen molar-refractivity contribution in [3.05, 3.63) is 46.3 Å². The van der Waals surface area contributed by atoms with Gasteiger partial charge < -0.3 is 15.5 Å². The van der Waals surface area contributed by atoms with Crippen LogP contribution in [0.3, 0.4) is 0 Å². The predicted molar refractivity (Wildman–Crippen MR) is 98.8 cm³/mol. The normalized spacial score (nSPS) is 13.7. The molecule has 0 aromatic carbocycles. The number of rotatable bonds is 7. The maximum absolute atomic E-state index is 11.9. The van der Waals surface area contributed by atoms with E-state index in [4.69, 9.17) is 0 Å². The minimum atomic E-state index is -0.140. The topological polar surface area (TPSA) is 74.3 Å². The van der Waals surface area contributed by atoms with Gasteiger partial charge in [0.1, 0.15) is 5.82 Å². The molecule has 1 aliphatic heterocycles. The Morgan fingerprint density at radius 2 is 2.04 bits per heavy atom. The SMILES string of the molecule is O=C(CCNC(=O)c1ccsc1)NCc1ccnc(N2CCCC2)c1. The largest absolute Gasteiger partial charge is 0.357 e.